The lowest BCUT2D eigenvalue weighted by Gasteiger charge is -1.90. The number of allylic oxidation sites excluding steroid dienone is 4. The highest BCUT2D eigenvalue weighted by atomic mass is 13.9. The highest BCUT2D eigenvalue weighted by Crippen LogP contribution is 2.00. The van der Waals surface area contributed by atoms with Crippen molar-refractivity contribution in [2.45, 2.75) is 45.4 Å². The van der Waals surface area contributed by atoms with Crippen LogP contribution in [0.1, 0.15) is 45.4 Å². The Morgan fingerprint density at radius 1 is 0.917 bits per heavy atom. The lowest BCUT2D eigenvalue weighted by atomic mass is 10.2. The number of unbranched alkanes of at least 4 members (excludes halogenated alkanes) is 4. The molecule has 0 rings (SSSR count). The van der Waals surface area contributed by atoms with E-state index in [4.69, 9.17) is 0 Å². The van der Waals surface area contributed by atoms with Crippen molar-refractivity contribution >= 4 is 0 Å². The molecule has 0 atom stereocenters. The van der Waals surface area contributed by atoms with Crippen molar-refractivity contribution < 1.29 is 0 Å². The first-order valence-corrected chi connectivity index (χ1v) is 5.01. The molecule has 0 aliphatic heterocycles. The van der Waals surface area contributed by atoms with Gasteiger partial charge in [-0.2, -0.15) is 0 Å². The molecule has 1 radical (unpaired) electrons. The first-order chi connectivity index (χ1) is 5.91. The van der Waals surface area contributed by atoms with Crippen LogP contribution in [0.2, 0.25) is 0 Å². The van der Waals surface area contributed by atoms with Gasteiger partial charge in [0.1, 0.15) is 0 Å². The third-order valence-corrected chi connectivity index (χ3v) is 1.80. The van der Waals surface area contributed by atoms with Gasteiger partial charge in [-0.05, 0) is 32.6 Å². The Balaban J connectivity index is 3.02. The number of hydrogen-bond donors (Lipinski definition) is 0. The summed E-state index contributed by atoms with van der Waals surface area (Å²) in [5.41, 5.74) is 0. The fraction of sp³-hybridized carbons (Fsp3) is 0.583. The standard InChI is InChI=1S/C12H21/c1-3-5-7-9-11-12-10-8-6-4-2/h3,5,10,12H,1,4,6-9,11H2,2H3. The average molecular weight is 165 g/mol. The van der Waals surface area contributed by atoms with Gasteiger partial charge in [0.25, 0.3) is 0 Å². The van der Waals surface area contributed by atoms with Gasteiger partial charge in [0, 0.05) is 0 Å². The topological polar surface area (TPSA) is 0 Å². The monoisotopic (exact) mass is 165 g/mol. The minimum atomic E-state index is 1.17. The van der Waals surface area contributed by atoms with E-state index in [2.05, 4.69) is 32.1 Å². The van der Waals surface area contributed by atoms with Crippen molar-refractivity contribution in [1.82, 2.24) is 0 Å². The summed E-state index contributed by atoms with van der Waals surface area (Å²) >= 11 is 0. The summed E-state index contributed by atoms with van der Waals surface area (Å²) in [5.74, 6) is 0. The molecule has 0 amide bonds. The van der Waals surface area contributed by atoms with Gasteiger partial charge in [-0.1, -0.05) is 44.1 Å². The Kier molecular flexibility index (Phi) is 10.0. The van der Waals surface area contributed by atoms with E-state index in [9.17, 15) is 0 Å². The van der Waals surface area contributed by atoms with Crippen LogP contribution in [-0.4, -0.2) is 0 Å². The van der Waals surface area contributed by atoms with Gasteiger partial charge >= 0.3 is 0 Å². The summed E-state index contributed by atoms with van der Waals surface area (Å²) in [7, 11) is 0. The molecule has 0 unspecified atom stereocenters. The average Bonchev–Trinajstić information content (AvgIpc) is 2.10. The number of rotatable bonds is 7. The fourth-order valence-corrected chi connectivity index (χ4v) is 1.03. The highest BCUT2D eigenvalue weighted by molar-refractivity contribution is 4.86. The van der Waals surface area contributed by atoms with Crippen molar-refractivity contribution in [1.29, 1.82) is 0 Å². The fourth-order valence-electron chi connectivity index (χ4n) is 1.03. The van der Waals surface area contributed by atoms with E-state index in [1.165, 1.54) is 38.5 Å². The molecule has 0 heterocycles. The van der Waals surface area contributed by atoms with Gasteiger partial charge < -0.3 is 0 Å². The zero-order valence-corrected chi connectivity index (χ0v) is 8.26. The molecule has 0 aliphatic carbocycles. The molecule has 0 heteroatoms. The summed E-state index contributed by atoms with van der Waals surface area (Å²) in [4.78, 5) is 0. The van der Waals surface area contributed by atoms with Crippen LogP contribution >= 0.6 is 0 Å². The van der Waals surface area contributed by atoms with Gasteiger partial charge in [-0.3, -0.25) is 0 Å². The van der Waals surface area contributed by atoms with Crippen LogP contribution in [0.5, 0.6) is 0 Å². The Morgan fingerprint density at radius 2 is 1.50 bits per heavy atom. The molecule has 0 saturated carbocycles. The third-order valence-electron chi connectivity index (χ3n) is 1.80. The minimum absolute atomic E-state index is 1.17. The first kappa shape index (κ1) is 11.5. The quantitative estimate of drug-likeness (QED) is 0.390. The van der Waals surface area contributed by atoms with Crippen LogP contribution < -0.4 is 0 Å². The lowest BCUT2D eigenvalue weighted by Crippen LogP contribution is -1.70. The Bertz CT molecular complexity index is 120. The second-order valence-electron chi connectivity index (χ2n) is 3.02. The van der Waals surface area contributed by atoms with Crippen LogP contribution in [0, 0.1) is 6.92 Å². The predicted octanol–water partition coefficient (Wildman–Crippen LogP) is 4.29. The highest BCUT2D eigenvalue weighted by Gasteiger charge is 1.80. The van der Waals surface area contributed by atoms with Crippen LogP contribution in [0.3, 0.4) is 0 Å². The van der Waals surface area contributed by atoms with Gasteiger partial charge in [0.2, 0.25) is 0 Å². The van der Waals surface area contributed by atoms with E-state index in [1.54, 1.807) is 0 Å². The molecular formula is C12H21. The van der Waals surface area contributed by atoms with Gasteiger partial charge in [0.05, 0.1) is 0 Å². The van der Waals surface area contributed by atoms with Crippen molar-refractivity contribution in [2.75, 3.05) is 0 Å². The van der Waals surface area contributed by atoms with E-state index in [0.717, 1.165) is 0 Å². The van der Waals surface area contributed by atoms with Crippen LogP contribution in [-0.2, 0) is 0 Å². The normalized spacial score (nSPS) is 11.8. The molecule has 0 bridgehead atoms. The first-order valence-electron chi connectivity index (χ1n) is 5.01. The van der Waals surface area contributed by atoms with E-state index in [-0.39, 0.29) is 0 Å². The molecule has 0 aromatic rings. The summed E-state index contributed by atoms with van der Waals surface area (Å²) in [6.07, 6.45) is 16.1. The largest absolute Gasteiger partial charge is 0.0885 e. The third kappa shape index (κ3) is 9.48. The van der Waals surface area contributed by atoms with Crippen LogP contribution in [0.25, 0.3) is 0 Å². The predicted molar refractivity (Wildman–Crippen MR) is 57.0 cm³/mol. The summed E-state index contributed by atoms with van der Waals surface area (Å²) in [6, 6.07) is 0. The molecular weight excluding hydrogens is 144 g/mol. The van der Waals surface area contributed by atoms with Crippen molar-refractivity contribution in [3.8, 4) is 0 Å². The zero-order valence-electron chi connectivity index (χ0n) is 8.26. The van der Waals surface area contributed by atoms with Gasteiger partial charge in [0.15, 0.2) is 0 Å². The summed E-state index contributed by atoms with van der Waals surface area (Å²) in [6.45, 7) is 5.87. The molecule has 0 N–H and O–H groups in total. The summed E-state index contributed by atoms with van der Waals surface area (Å²) < 4.78 is 0. The molecule has 0 spiro atoms. The maximum atomic E-state index is 3.65. The molecule has 0 aromatic heterocycles. The van der Waals surface area contributed by atoms with Crippen molar-refractivity contribution in [3.63, 3.8) is 0 Å². The number of hydrogen-bond acceptors (Lipinski definition) is 0. The Hall–Kier alpha value is -0.520. The Labute approximate surface area is 77.4 Å². The van der Waals surface area contributed by atoms with Gasteiger partial charge in [-0.25, -0.2) is 0 Å². The second-order valence-corrected chi connectivity index (χ2v) is 3.02. The van der Waals surface area contributed by atoms with E-state index in [1.807, 2.05) is 6.08 Å². The maximum absolute atomic E-state index is 3.65. The van der Waals surface area contributed by atoms with Gasteiger partial charge in [-0.15, -0.1) is 0 Å². The van der Waals surface area contributed by atoms with E-state index < -0.39 is 0 Å². The van der Waals surface area contributed by atoms with Crippen LogP contribution in [0.15, 0.2) is 24.3 Å². The molecule has 0 nitrogen and oxygen atoms in total. The molecule has 69 valence electrons. The maximum Gasteiger partial charge on any atom is -0.0316 e. The molecule has 0 fully saturated rings. The Morgan fingerprint density at radius 3 is 2.08 bits per heavy atom. The molecule has 0 aliphatic rings. The van der Waals surface area contributed by atoms with E-state index >= 15 is 0 Å². The second kappa shape index (κ2) is 10.5. The molecule has 0 saturated heterocycles. The molecule has 12 heavy (non-hydrogen) atoms. The van der Waals surface area contributed by atoms with Crippen molar-refractivity contribution in [2.24, 2.45) is 0 Å². The zero-order chi connectivity index (χ0) is 9.07. The lowest BCUT2D eigenvalue weighted by molar-refractivity contribution is 0.805. The smallest absolute Gasteiger partial charge is 0.0316 e. The van der Waals surface area contributed by atoms with Crippen molar-refractivity contribution in [3.05, 3.63) is 31.2 Å². The SMILES string of the molecule is [CH2]C=CCCCC=CCCCC. The summed E-state index contributed by atoms with van der Waals surface area (Å²) in [5, 5.41) is 0. The van der Waals surface area contributed by atoms with Crippen LogP contribution in [0.4, 0.5) is 0 Å². The van der Waals surface area contributed by atoms with E-state index in [0.29, 0.717) is 0 Å². The molecule has 0 aromatic carbocycles. The minimum Gasteiger partial charge on any atom is -0.0885 e.